The lowest BCUT2D eigenvalue weighted by molar-refractivity contribution is -0.163. The van der Waals surface area contributed by atoms with Crippen LogP contribution in [0.15, 0.2) is 0 Å². The second-order valence-electron chi connectivity index (χ2n) is 5.74. The van der Waals surface area contributed by atoms with Crippen LogP contribution in [0.5, 0.6) is 0 Å². The van der Waals surface area contributed by atoms with Crippen molar-refractivity contribution in [1.82, 2.24) is 0 Å². The van der Waals surface area contributed by atoms with Gasteiger partial charge in [0.15, 0.2) is 0 Å². The maximum Gasteiger partial charge on any atom is 0.348 e. The molecule has 3 nitrogen and oxygen atoms in total. The Labute approximate surface area is 145 Å². The molecule has 5 heteroatoms. The van der Waals surface area contributed by atoms with Crippen LogP contribution in [0.1, 0.15) is 85.0 Å². The Hall–Kier alpha value is -0.00312. The standard InChI is InChI=1S/C17H33O3SSi/c1-4-7-8-9-10-11-12-13-14-17(21,19-6-3)16(18)20-15(22)5-2/h15,21H,4-14H2,1-3H3. The minimum absolute atomic E-state index is 0.280. The molecule has 0 saturated heterocycles. The maximum absolute atomic E-state index is 12.2. The Bertz CT molecular complexity index is 289. The smallest absolute Gasteiger partial charge is 0.348 e. The van der Waals surface area contributed by atoms with E-state index in [-0.39, 0.29) is 11.7 Å². The molecule has 0 aliphatic carbocycles. The summed E-state index contributed by atoms with van der Waals surface area (Å²) < 4.78 is 10.9. The molecule has 2 atom stereocenters. The molecule has 0 heterocycles. The van der Waals surface area contributed by atoms with Gasteiger partial charge in [0.1, 0.15) is 0 Å². The van der Waals surface area contributed by atoms with E-state index in [2.05, 4.69) is 29.8 Å². The number of hydrogen-bond donors (Lipinski definition) is 1. The molecule has 0 aromatic heterocycles. The van der Waals surface area contributed by atoms with E-state index in [1.54, 1.807) is 0 Å². The van der Waals surface area contributed by atoms with Crippen LogP contribution >= 0.6 is 12.6 Å². The quantitative estimate of drug-likeness (QED) is 0.164. The number of carbonyl (C=O) groups excluding carboxylic acids is 1. The molecule has 0 bridgehead atoms. The molecule has 0 aliphatic rings. The van der Waals surface area contributed by atoms with Crippen LogP contribution in [0.25, 0.3) is 0 Å². The summed E-state index contributed by atoms with van der Waals surface area (Å²) in [7, 11) is 3.36. The third kappa shape index (κ3) is 9.90. The molecule has 0 aliphatic heterocycles. The van der Waals surface area contributed by atoms with E-state index in [4.69, 9.17) is 9.47 Å². The lowest BCUT2D eigenvalue weighted by Crippen LogP contribution is -2.39. The molecular formula is C17H33O3SSi. The summed E-state index contributed by atoms with van der Waals surface area (Å²) in [6.07, 6.45) is 11.1. The van der Waals surface area contributed by atoms with Gasteiger partial charge in [-0.05, 0) is 26.2 Å². The summed E-state index contributed by atoms with van der Waals surface area (Å²) in [6, 6.07) is 0. The minimum Gasteiger partial charge on any atom is -0.464 e. The van der Waals surface area contributed by atoms with Crippen molar-refractivity contribution >= 4 is 28.8 Å². The summed E-state index contributed by atoms with van der Waals surface area (Å²) in [4.78, 5) is 11.1. The highest BCUT2D eigenvalue weighted by Crippen LogP contribution is 2.27. The van der Waals surface area contributed by atoms with Crippen LogP contribution in [0.2, 0.25) is 0 Å². The SMILES string of the molecule is CCCCCCCCCCC(S)(OCC)C(=O)OC([Si])CC. The van der Waals surface area contributed by atoms with E-state index in [0.29, 0.717) is 13.0 Å². The molecule has 129 valence electrons. The maximum atomic E-state index is 12.2. The Kier molecular flexibility index (Phi) is 13.4. The molecule has 0 aromatic rings. The molecule has 0 rings (SSSR count). The monoisotopic (exact) mass is 345 g/mol. The zero-order chi connectivity index (χ0) is 16.8. The fraction of sp³-hybridized carbons (Fsp3) is 0.941. The molecule has 0 saturated carbocycles. The molecule has 0 N–H and O–H groups in total. The van der Waals surface area contributed by atoms with Crippen molar-refractivity contribution in [1.29, 1.82) is 0 Å². The van der Waals surface area contributed by atoms with Gasteiger partial charge in [-0.3, -0.25) is 0 Å². The van der Waals surface area contributed by atoms with Crippen molar-refractivity contribution < 1.29 is 14.3 Å². The van der Waals surface area contributed by atoms with Crippen LogP contribution in [0.3, 0.4) is 0 Å². The van der Waals surface area contributed by atoms with Crippen molar-refractivity contribution in [3.05, 3.63) is 0 Å². The largest absolute Gasteiger partial charge is 0.464 e. The topological polar surface area (TPSA) is 35.5 Å². The van der Waals surface area contributed by atoms with Crippen LogP contribution in [-0.4, -0.2) is 33.5 Å². The highest BCUT2D eigenvalue weighted by Gasteiger charge is 2.37. The zero-order valence-corrected chi connectivity index (χ0v) is 16.4. The summed E-state index contributed by atoms with van der Waals surface area (Å²) in [5, 5.41) is 0. The summed E-state index contributed by atoms with van der Waals surface area (Å²) in [5.41, 5.74) is -0.280. The summed E-state index contributed by atoms with van der Waals surface area (Å²) >= 11 is 4.46. The van der Waals surface area contributed by atoms with E-state index in [0.717, 1.165) is 19.3 Å². The predicted octanol–water partition coefficient (Wildman–Crippen LogP) is 4.63. The Morgan fingerprint density at radius 3 is 2.09 bits per heavy atom. The van der Waals surface area contributed by atoms with Crippen molar-refractivity contribution in [2.45, 2.75) is 95.6 Å². The predicted molar refractivity (Wildman–Crippen MR) is 96.5 cm³/mol. The van der Waals surface area contributed by atoms with Crippen LogP contribution in [-0.2, 0) is 14.3 Å². The van der Waals surface area contributed by atoms with E-state index < -0.39 is 4.93 Å². The molecule has 0 amide bonds. The average Bonchev–Trinajstić information content (AvgIpc) is 2.50. The normalized spacial score (nSPS) is 15.3. The molecule has 22 heavy (non-hydrogen) atoms. The van der Waals surface area contributed by atoms with E-state index >= 15 is 0 Å². The Balaban J connectivity index is 4.04. The molecule has 3 radical (unpaired) electrons. The number of unbranched alkanes of at least 4 members (excludes halogenated alkanes) is 7. The first-order valence-electron chi connectivity index (χ1n) is 8.78. The third-order valence-electron chi connectivity index (χ3n) is 3.69. The number of thiol groups is 1. The first-order chi connectivity index (χ1) is 10.5. The van der Waals surface area contributed by atoms with Gasteiger partial charge in [0.2, 0.25) is 4.93 Å². The molecule has 0 aromatic carbocycles. The van der Waals surface area contributed by atoms with Crippen LogP contribution in [0, 0.1) is 0 Å². The van der Waals surface area contributed by atoms with E-state index in [1.807, 2.05) is 13.8 Å². The van der Waals surface area contributed by atoms with Gasteiger partial charge in [0.05, 0.1) is 16.0 Å². The van der Waals surface area contributed by atoms with Gasteiger partial charge in [-0.15, -0.1) is 12.6 Å². The van der Waals surface area contributed by atoms with Crippen molar-refractivity contribution in [2.75, 3.05) is 6.61 Å². The van der Waals surface area contributed by atoms with E-state index in [9.17, 15) is 4.79 Å². The third-order valence-corrected chi connectivity index (χ3v) is 4.75. The van der Waals surface area contributed by atoms with Gasteiger partial charge >= 0.3 is 5.97 Å². The second-order valence-corrected chi connectivity index (χ2v) is 7.11. The lowest BCUT2D eigenvalue weighted by atomic mass is 10.1. The molecule has 0 fully saturated rings. The van der Waals surface area contributed by atoms with Gasteiger partial charge in [-0.1, -0.05) is 58.8 Å². The zero-order valence-electron chi connectivity index (χ0n) is 14.5. The lowest BCUT2D eigenvalue weighted by Gasteiger charge is -2.27. The molecule has 2 unspecified atom stereocenters. The highest BCUT2D eigenvalue weighted by atomic mass is 32.1. The fourth-order valence-corrected chi connectivity index (χ4v) is 2.72. The molecule has 0 spiro atoms. The number of ether oxygens (including phenoxy) is 2. The number of rotatable bonds is 14. The number of hydrogen-bond acceptors (Lipinski definition) is 4. The highest BCUT2D eigenvalue weighted by molar-refractivity contribution is 7.82. The summed E-state index contributed by atoms with van der Waals surface area (Å²) in [5.74, 6) is -0.387. The van der Waals surface area contributed by atoms with Gasteiger partial charge in [0, 0.05) is 6.61 Å². The first kappa shape index (κ1) is 22.0. The Morgan fingerprint density at radius 2 is 1.59 bits per heavy atom. The van der Waals surface area contributed by atoms with Crippen LogP contribution in [0.4, 0.5) is 0 Å². The number of esters is 1. The van der Waals surface area contributed by atoms with Gasteiger partial charge in [0.25, 0.3) is 0 Å². The summed E-state index contributed by atoms with van der Waals surface area (Å²) in [6.45, 7) is 6.50. The molecular weight excluding hydrogens is 312 g/mol. The Morgan fingerprint density at radius 1 is 1.05 bits per heavy atom. The minimum atomic E-state index is -1.11. The number of carbonyl (C=O) groups is 1. The van der Waals surface area contributed by atoms with Gasteiger partial charge < -0.3 is 9.47 Å². The fourth-order valence-electron chi connectivity index (χ4n) is 2.28. The first-order valence-corrected chi connectivity index (χ1v) is 9.81. The average molecular weight is 346 g/mol. The van der Waals surface area contributed by atoms with E-state index in [1.165, 1.54) is 38.5 Å². The van der Waals surface area contributed by atoms with Crippen LogP contribution < -0.4 is 0 Å². The van der Waals surface area contributed by atoms with Gasteiger partial charge in [-0.25, -0.2) is 4.79 Å². The van der Waals surface area contributed by atoms with Gasteiger partial charge in [-0.2, -0.15) is 0 Å². The second kappa shape index (κ2) is 13.4. The van der Waals surface area contributed by atoms with Crippen molar-refractivity contribution in [2.24, 2.45) is 0 Å². The van der Waals surface area contributed by atoms with Crippen molar-refractivity contribution in [3.63, 3.8) is 0 Å². The van der Waals surface area contributed by atoms with Crippen molar-refractivity contribution in [3.8, 4) is 0 Å².